The monoisotopic (exact) mass is 271 g/mol. The van der Waals surface area contributed by atoms with E-state index >= 15 is 0 Å². The third kappa shape index (κ3) is 6.05. The Morgan fingerprint density at radius 1 is 1.44 bits per heavy atom. The van der Waals surface area contributed by atoms with E-state index in [1.165, 1.54) is 0 Å². The maximum atomic E-state index is 6.20. The molecule has 0 aliphatic rings. The van der Waals surface area contributed by atoms with Gasteiger partial charge in [-0.15, -0.1) is 11.6 Å². The average Bonchev–Trinajstić information content (AvgIpc) is 2.33. The van der Waals surface area contributed by atoms with Crippen LogP contribution in [0.2, 0.25) is 0 Å². The number of ether oxygens (including phenoxy) is 1. The molecular weight excluding hydrogens is 250 g/mol. The van der Waals surface area contributed by atoms with Crippen LogP contribution in [-0.4, -0.2) is 28.5 Å². The summed E-state index contributed by atoms with van der Waals surface area (Å²) in [5.41, 5.74) is 0. The summed E-state index contributed by atoms with van der Waals surface area (Å²) in [6, 6.07) is 1.76. The normalized spacial score (nSPS) is 12.5. The first-order valence-corrected chi connectivity index (χ1v) is 6.89. The second kappa shape index (κ2) is 8.14. The van der Waals surface area contributed by atoms with Gasteiger partial charge < -0.3 is 10.1 Å². The second-order valence-electron chi connectivity index (χ2n) is 4.67. The predicted molar refractivity (Wildman–Crippen MR) is 75.4 cm³/mol. The van der Waals surface area contributed by atoms with Crippen LogP contribution < -0.4 is 10.1 Å². The number of halogens is 1. The van der Waals surface area contributed by atoms with Crippen LogP contribution in [0.15, 0.2) is 12.3 Å². The number of hydrogen-bond acceptors (Lipinski definition) is 4. The topological polar surface area (TPSA) is 47.0 Å². The van der Waals surface area contributed by atoms with Crippen LogP contribution in [-0.2, 0) is 0 Å². The van der Waals surface area contributed by atoms with Crippen molar-refractivity contribution in [3.05, 3.63) is 12.3 Å². The maximum Gasteiger partial charge on any atom is 0.225 e. The lowest BCUT2D eigenvalue weighted by Gasteiger charge is -2.13. The third-order valence-electron chi connectivity index (χ3n) is 2.29. The fraction of sp³-hybridized carbons (Fsp3) is 0.692. The number of nitrogens with zero attached hydrogens (tertiary/aromatic N) is 2. The Hall–Kier alpha value is -1.03. The Labute approximate surface area is 114 Å². The van der Waals surface area contributed by atoms with Crippen molar-refractivity contribution < 1.29 is 4.74 Å². The molecule has 0 saturated carbocycles. The van der Waals surface area contributed by atoms with Gasteiger partial charge in [0.15, 0.2) is 0 Å². The third-order valence-corrected chi connectivity index (χ3v) is 2.63. The number of nitrogens with one attached hydrogen (secondary N) is 1. The number of hydrogen-bond donors (Lipinski definition) is 1. The summed E-state index contributed by atoms with van der Waals surface area (Å²) in [6.07, 6.45) is 3.62. The molecule has 0 saturated heterocycles. The zero-order valence-corrected chi connectivity index (χ0v) is 12.1. The highest BCUT2D eigenvalue weighted by molar-refractivity contribution is 6.20. The molecule has 1 unspecified atom stereocenters. The first kappa shape index (κ1) is 15.0. The Morgan fingerprint density at radius 2 is 2.22 bits per heavy atom. The Balaban J connectivity index is 2.41. The highest BCUT2D eigenvalue weighted by Gasteiger charge is 2.08. The van der Waals surface area contributed by atoms with Gasteiger partial charge in [-0.3, -0.25) is 0 Å². The van der Waals surface area contributed by atoms with E-state index in [0.717, 1.165) is 12.8 Å². The van der Waals surface area contributed by atoms with Crippen LogP contribution in [0.25, 0.3) is 0 Å². The molecule has 1 aromatic rings. The molecule has 5 heteroatoms. The standard InChI is InChI=1S/C13H22ClN3O/c1-4-7-18-12-5-6-15-13(17-12)16-9-11(14)8-10(2)3/h5-6,10-11H,4,7-9H2,1-3H3,(H,15,16,17). The quantitative estimate of drug-likeness (QED) is 0.737. The minimum absolute atomic E-state index is 0.0915. The van der Waals surface area contributed by atoms with E-state index in [0.29, 0.717) is 30.9 Å². The van der Waals surface area contributed by atoms with Gasteiger partial charge in [0.1, 0.15) is 0 Å². The summed E-state index contributed by atoms with van der Waals surface area (Å²) in [7, 11) is 0. The number of alkyl halides is 1. The van der Waals surface area contributed by atoms with Crippen molar-refractivity contribution in [1.29, 1.82) is 0 Å². The zero-order chi connectivity index (χ0) is 13.4. The van der Waals surface area contributed by atoms with Crippen LogP contribution in [0.5, 0.6) is 5.88 Å². The Morgan fingerprint density at radius 3 is 2.89 bits per heavy atom. The van der Waals surface area contributed by atoms with Crippen molar-refractivity contribution >= 4 is 17.5 Å². The minimum Gasteiger partial charge on any atom is -0.478 e. The smallest absolute Gasteiger partial charge is 0.225 e. The molecule has 0 fully saturated rings. The van der Waals surface area contributed by atoms with E-state index in [1.807, 2.05) is 0 Å². The van der Waals surface area contributed by atoms with Gasteiger partial charge >= 0.3 is 0 Å². The van der Waals surface area contributed by atoms with Crippen molar-refractivity contribution in [3.63, 3.8) is 0 Å². The van der Waals surface area contributed by atoms with E-state index in [2.05, 4.69) is 36.1 Å². The molecule has 0 spiro atoms. The fourth-order valence-electron chi connectivity index (χ4n) is 1.51. The van der Waals surface area contributed by atoms with Gasteiger partial charge in [0.25, 0.3) is 0 Å². The molecule has 0 aliphatic heterocycles. The molecule has 18 heavy (non-hydrogen) atoms. The SMILES string of the molecule is CCCOc1ccnc(NCC(Cl)CC(C)C)n1. The fourth-order valence-corrected chi connectivity index (χ4v) is 1.94. The summed E-state index contributed by atoms with van der Waals surface area (Å²) in [5, 5.41) is 3.22. The molecule has 4 nitrogen and oxygen atoms in total. The zero-order valence-electron chi connectivity index (χ0n) is 11.3. The van der Waals surface area contributed by atoms with Gasteiger partial charge in [-0.25, -0.2) is 4.98 Å². The Bertz CT molecular complexity index is 347. The van der Waals surface area contributed by atoms with Crippen LogP contribution in [0.4, 0.5) is 5.95 Å². The summed E-state index contributed by atoms with van der Waals surface area (Å²) in [5.74, 6) is 1.76. The van der Waals surface area contributed by atoms with Crippen LogP contribution in [0, 0.1) is 5.92 Å². The summed E-state index contributed by atoms with van der Waals surface area (Å²) in [4.78, 5) is 8.40. The molecule has 0 aliphatic carbocycles. The van der Waals surface area contributed by atoms with Gasteiger partial charge in [-0.1, -0.05) is 20.8 Å². The van der Waals surface area contributed by atoms with E-state index < -0.39 is 0 Å². The molecule has 0 bridgehead atoms. The van der Waals surface area contributed by atoms with E-state index in [1.54, 1.807) is 12.3 Å². The predicted octanol–water partition coefficient (Wildman–Crippen LogP) is 3.33. The summed E-state index contributed by atoms with van der Waals surface area (Å²) < 4.78 is 5.44. The molecule has 1 rings (SSSR count). The van der Waals surface area contributed by atoms with E-state index in [-0.39, 0.29) is 5.38 Å². The Kier molecular flexibility index (Phi) is 6.80. The largest absolute Gasteiger partial charge is 0.478 e. The van der Waals surface area contributed by atoms with Gasteiger partial charge in [0.2, 0.25) is 11.8 Å². The molecule has 0 radical (unpaired) electrons. The molecule has 1 N–H and O–H groups in total. The summed E-state index contributed by atoms with van der Waals surface area (Å²) in [6.45, 7) is 7.71. The van der Waals surface area contributed by atoms with Gasteiger partial charge in [-0.05, 0) is 18.8 Å². The first-order valence-electron chi connectivity index (χ1n) is 6.45. The van der Waals surface area contributed by atoms with Crippen molar-refractivity contribution in [2.75, 3.05) is 18.5 Å². The highest BCUT2D eigenvalue weighted by atomic mass is 35.5. The van der Waals surface area contributed by atoms with Crippen molar-refractivity contribution in [3.8, 4) is 5.88 Å². The lowest BCUT2D eigenvalue weighted by atomic mass is 10.1. The van der Waals surface area contributed by atoms with Gasteiger partial charge in [0, 0.05) is 18.8 Å². The van der Waals surface area contributed by atoms with Crippen LogP contribution >= 0.6 is 11.6 Å². The number of aromatic nitrogens is 2. The minimum atomic E-state index is 0.0915. The molecular formula is C13H22ClN3O. The van der Waals surface area contributed by atoms with Crippen LogP contribution in [0.1, 0.15) is 33.6 Å². The van der Waals surface area contributed by atoms with E-state index in [9.17, 15) is 0 Å². The van der Waals surface area contributed by atoms with Crippen molar-refractivity contribution in [1.82, 2.24) is 9.97 Å². The lowest BCUT2D eigenvalue weighted by Crippen LogP contribution is -2.17. The molecule has 0 aromatic carbocycles. The first-order chi connectivity index (χ1) is 8.61. The number of rotatable bonds is 8. The van der Waals surface area contributed by atoms with Crippen LogP contribution in [0.3, 0.4) is 0 Å². The number of anilines is 1. The molecule has 1 atom stereocenters. The average molecular weight is 272 g/mol. The van der Waals surface area contributed by atoms with Gasteiger partial charge in [0.05, 0.1) is 12.0 Å². The maximum absolute atomic E-state index is 6.20. The highest BCUT2D eigenvalue weighted by Crippen LogP contribution is 2.12. The molecule has 0 amide bonds. The van der Waals surface area contributed by atoms with Crippen molar-refractivity contribution in [2.45, 2.75) is 39.0 Å². The van der Waals surface area contributed by atoms with Crippen molar-refractivity contribution in [2.24, 2.45) is 5.92 Å². The molecule has 1 heterocycles. The second-order valence-corrected chi connectivity index (χ2v) is 5.29. The summed E-state index contributed by atoms with van der Waals surface area (Å²) >= 11 is 6.20. The van der Waals surface area contributed by atoms with E-state index in [4.69, 9.17) is 16.3 Å². The lowest BCUT2D eigenvalue weighted by molar-refractivity contribution is 0.305. The molecule has 1 aromatic heterocycles. The van der Waals surface area contributed by atoms with Gasteiger partial charge in [-0.2, -0.15) is 4.98 Å². The molecule has 102 valence electrons.